The summed E-state index contributed by atoms with van der Waals surface area (Å²) >= 11 is 0. The average molecular weight is 289 g/mol. The quantitative estimate of drug-likeness (QED) is 0.903. The van der Waals surface area contributed by atoms with Gasteiger partial charge in [0.25, 0.3) is 0 Å². The van der Waals surface area contributed by atoms with Crippen LogP contribution in [0.3, 0.4) is 0 Å². The van der Waals surface area contributed by atoms with Crippen molar-refractivity contribution in [3.05, 3.63) is 12.1 Å². The van der Waals surface area contributed by atoms with Gasteiger partial charge in [-0.3, -0.25) is 0 Å². The van der Waals surface area contributed by atoms with E-state index in [1.54, 1.807) is 0 Å². The van der Waals surface area contributed by atoms with Gasteiger partial charge in [0, 0.05) is 13.6 Å². The summed E-state index contributed by atoms with van der Waals surface area (Å²) < 4.78 is 5.69. The summed E-state index contributed by atoms with van der Waals surface area (Å²) in [5.41, 5.74) is 6.56. The van der Waals surface area contributed by atoms with Crippen LogP contribution in [0.1, 0.15) is 39.5 Å². The lowest BCUT2D eigenvalue weighted by Gasteiger charge is -2.28. The van der Waals surface area contributed by atoms with Crippen molar-refractivity contribution in [1.82, 2.24) is 4.98 Å². The van der Waals surface area contributed by atoms with Gasteiger partial charge in [-0.05, 0) is 63.0 Å². The number of anilines is 2. The minimum absolute atomic E-state index is 0.0888. The Bertz CT molecular complexity index is 503. The highest BCUT2D eigenvalue weighted by atomic mass is 16.5. The van der Waals surface area contributed by atoms with Gasteiger partial charge < -0.3 is 15.4 Å². The van der Waals surface area contributed by atoms with Crippen LogP contribution in [0.15, 0.2) is 12.1 Å². The lowest BCUT2D eigenvalue weighted by Crippen LogP contribution is -2.29. The molecule has 0 aromatic carbocycles. The van der Waals surface area contributed by atoms with Gasteiger partial charge in [-0.25, -0.2) is 0 Å². The number of nitrogen functional groups attached to an aromatic ring is 1. The first kappa shape index (κ1) is 14.5. The maximum absolute atomic E-state index is 5.94. The normalized spacial score (nSPS) is 27.3. The van der Waals surface area contributed by atoms with Crippen LogP contribution in [0, 0.1) is 17.8 Å². The van der Waals surface area contributed by atoms with Crippen molar-refractivity contribution in [3.63, 3.8) is 0 Å². The second-order valence-corrected chi connectivity index (χ2v) is 7.05. The third-order valence-corrected chi connectivity index (χ3v) is 5.01. The largest absolute Gasteiger partial charge is 0.473 e. The Hall–Kier alpha value is -1.45. The molecule has 2 aliphatic carbocycles. The maximum Gasteiger partial charge on any atom is 0.239 e. The summed E-state index contributed by atoms with van der Waals surface area (Å²) in [6, 6.07) is 3.90. The summed E-state index contributed by atoms with van der Waals surface area (Å²) in [4.78, 5) is 6.86. The van der Waals surface area contributed by atoms with E-state index < -0.39 is 0 Å². The highest BCUT2D eigenvalue weighted by Crippen LogP contribution is 2.48. The van der Waals surface area contributed by atoms with Crippen LogP contribution in [0.25, 0.3) is 0 Å². The minimum Gasteiger partial charge on any atom is -0.473 e. The third kappa shape index (κ3) is 3.09. The Balaban J connectivity index is 1.68. The summed E-state index contributed by atoms with van der Waals surface area (Å²) in [6.07, 6.45) is 5.83. The Kier molecular flexibility index (Phi) is 3.96. The molecule has 2 bridgehead atoms. The Labute approximate surface area is 127 Å². The number of ether oxygens (including phenoxy) is 1. The molecule has 3 atom stereocenters. The van der Waals surface area contributed by atoms with E-state index in [-0.39, 0.29) is 6.10 Å². The van der Waals surface area contributed by atoms with Crippen LogP contribution < -0.4 is 15.4 Å². The fraction of sp³-hybridized carbons (Fsp3) is 0.706. The molecule has 4 nitrogen and oxygen atoms in total. The van der Waals surface area contributed by atoms with Crippen molar-refractivity contribution >= 4 is 11.5 Å². The SMILES string of the molecule is CC(C)Oc1nc(N(C)CC2CC3CCC2C3)ccc1N. The summed E-state index contributed by atoms with van der Waals surface area (Å²) in [7, 11) is 2.13. The molecule has 3 unspecified atom stereocenters. The first-order chi connectivity index (χ1) is 10.0. The van der Waals surface area contributed by atoms with Crippen LogP contribution in [-0.4, -0.2) is 24.7 Å². The van der Waals surface area contributed by atoms with E-state index in [9.17, 15) is 0 Å². The Morgan fingerprint density at radius 2 is 2.14 bits per heavy atom. The number of aromatic nitrogens is 1. The molecule has 1 heterocycles. The molecule has 1 aromatic heterocycles. The second kappa shape index (κ2) is 5.74. The van der Waals surface area contributed by atoms with E-state index in [0.29, 0.717) is 11.6 Å². The fourth-order valence-corrected chi connectivity index (χ4v) is 4.02. The molecule has 2 N–H and O–H groups in total. The van der Waals surface area contributed by atoms with Crippen molar-refractivity contribution in [1.29, 1.82) is 0 Å². The van der Waals surface area contributed by atoms with Crippen molar-refractivity contribution in [3.8, 4) is 5.88 Å². The number of hydrogen-bond donors (Lipinski definition) is 1. The van der Waals surface area contributed by atoms with Crippen molar-refractivity contribution in [2.45, 2.75) is 45.6 Å². The van der Waals surface area contributed by atoms with Gasteiger partial charge in [-0.15, -0.1) is 0 Å². The first-order valence-electron chi connectivity index (χ1n) is 8.17. The molecular weight excluding hydrogens is 262 g/mol. The molecular formula is C17H27N3O. The highest BCUT2D eigenvalue weighted by molar-refractivity contribution is 5.54. The van der Waals surface area contributed by atoms with Gasteiger partial charge in [0.15, 0.2) is 0 Å². The van der Waals surface area contributed by atoms with Gasteiger partial charge >= 0.3 is 0 Å². The van der Waals surface area contributed by atoms with Gasteiger partial charge in [0.05, 0.1) is 11.8 Å². The molecule has 116 valence electrons. The molecule has 1 aromatic rings. The highest BCUT2D eigenvalue weighted by Gasteiger charge is 2.39. The van der Waals surface area contributed by atoms with Crippen LogP contribution in [0.2, 0.25) is 0 Å². The summed E-state index contributed by atoms with van der Waals surface area (Å²) in [6.45, 7) is 5.08. The maximum atomic E-state index is 5.94. The van der Waals surface area contributed by atoms with Crippen LogP contribution >= 0.6 is 0 Å². The predicted molar refractivity (Wildman–Crippen MR) is 86.6 cm³/mol. The molecule has 21 heavy (non-hydrogen) atoms. The molecule has 0 radical (unpaired) electrons. The molecule has 2 aliphatic rings. The van der Waals surface area contributed by atoms with Gasteiger partial charge in [-0.1, -0.05) is 6.42 Å². The van der Waals surface area contributed by atoms with Crippen molar-refractivity contribution < 1.29 is 4.74 Å². The molecule has 0 saturated heterocycles. The Morgan fingerprint density at radius 1 is 1.33 bits per heavy atom. The topological polar surface area (TPSA) is 51.4 Å². The molecule has 2 saturated carbocycles. The second-order valence-electron chi connectivity index (χ2n) is 7.05. The van der Waals surface area contributed by atoms with E-state index in [1.807, 2.05) is 26.0 Å². The minimum atomic E-state index is 0.0888. The number of hydrogen-bond acceptors (Lipinski definition) is 4. The van der Waals surface area contributed by atoms with E-state index in [0.717, 1.165) is 30.1 Å². The van der Waals surface area contributed by atoms with E-state index in [2.05, 4.69) is 16.9 Å². The van der Waals surface area contributed by atoms with E-state index >= 15 is 0 Å². The van der Waals surface area contributed by atoms with Crippen molar-refractivity contribution in [2.75, 3.05) is 24.2 Å². The van der Waals surface area contributed by atoms with E-state index in [1.165, 1.54) is 25.7 Å². The predicted octanol–water partition coefficient (Wildman–Crippen LogP) is 3.32. The summed E-state index contributed by atoms with van der Waals surface area (Å²) in [5, 5.41) is 0. The fourth-order valence-electron chi connectivity index (χ4n) is 4.02. The standard InChI is InChI=1S/C17H27N3O/c1-11(2)21-17-15(18)6-7-16(19-17)20(3)10-14-9-12-4-5-13(14)8-12/h6-7,11-14H,4-5,8-10,18H2,1-3H3. The lowest BCUT2D eigenvalue weighted by atomic mass is 9.88. The monoisotopic (exact) mass is 289 g/mol. The molecule has 2 fully saturated rings. The zero-order chi connectivity index (χ0) is 15.0. The molecule has 0 aliphatic heterocycles. The Morgan fingerprint density at radius 3 is 2.76 bits per heavy atom. The lowest BCUT2D eigenvalue weighted by molar-refractivity contribution is 0.234. The molecule has 3 rings (SSSR count). The molecule has 0 amide bonds. The zero-order valence-electron chi connectivity index (χ0n) is 13.4. The van der Waals surface area contributed by atoms with Gasteiger partial charge in [-0.2, -0.15) is 4.98 Å². The first-order valence-corrected chi connectivity index (χ1v) is 8.17. The third-order valence-electron chi connectivity index (χ3n) is 5.01. The zero-order valence-corrected chi connectivity index (χ0v) is 13.4. The van der Waals surface area contributed by atoms with Gasteiger partial charge in [0.2, 0.25) is 5.88 Å². The van der Waals surface area contributed by atoms with Crippen LogP contribution in [0.5, 0.6) is 5.88 Å². The van der Waals surface area contributed by atoms with Crippen LogP contribution in [-0.2, 0) is 0 Å². The smallest absolute Gasteiger partial charge is 0.239 e. The number of pyridine rings is 1. The van der Waals surface area contributed by atoms with Crippen LogP contribution in [0.4, 0.5) is 11.5 Å². The van der Waals surface area contributed by atoms with E-state index in [4.69, 9.17) is 10.5 Å². The molecule has 4 heteroatoms. The van der Waals surface area contributed by atoms with Crippen molar-refractivity contribution in [2.24, 2.45) is 17.8 Å². The number of nitrogens with two attached hydrogens (primary N) is 1. The van der Waals surface area contributed by atoms with Gasteiger partial charge in [0.1, 0.15) is 5.82 Å². The number of rotatable bonds is 5. The number of fused-ring (bicyclic) bond motifs is 2. The number of nitrogens with zero attached hydrogens (tertiary/aromatic N) is 2. The average Bonchev–Trinajstić information content (AvgIpc) is 3.03. The summed E-state index contributed by atoms with van der Waals surface area (Å²) in [5.74, 6) is 4.29. The molecule has 0 spiro atoms.